The van der Waals surface area contributed by atoms with Crippen LogP contribution in [0.15, 0.2) is 30.3 Å². The fraction of sp³-hybridized carbons (Fsp3) is 0.593. The van der Waals surface area contributed by atoms with E-state index >= 15 is 0 Å². The van der Waals surface area contributed by atoms with E-state index in [-0.39, 0.29) is 78.8 Å². The van der Waals surface area contributed by atoms with Crippen molar-refractivity contribution in [1.29, 1.82) is 0 Å². The van der Waals surface area contributed by atoms with Crippen LogP contribution in [0.5, 0.6) is 0 Å². The maximum atomic E-state index is 13.3. The quantitative estimate of drug-likeness (QED) is 0.256. The van der Waals surface area contributed by atoms with Crippen LogP contribution in [0, 0.1) is 17.3 Å². The van der Waals surface area contributed by atoms with Gasteiger partial charge in [-0.05, 0) is 36.2 Å². The van der Waals surface area contributed by atoms with Crippen LogP contribution in [0.4, 0.5) is 4.79 Å². The Kier molecular flexibility index (Phi) is 19.3. The Balaban J connectivity index is 0. The summed E-state index contributed by atoms with van der Waals surface area (Å²) in [7, 11) is 0. The van der Waals surface area contributed by atoms with Crippen LogP contribution < -0.4 is 21.3 Å². The number of aldehydes is 1. The summed E-state index contributed by atoms with van der Waals surface area (Å²) in [6, 6.07) is 6.53. The molecule has 0 unspecified atom stereocenters. The molecule has 10 nitrogen and oxygen atoms in total. The van der Waals surface area contributed by atoms with Crippen molar-refractivity contribution in [3.8, 4) is 0 Å². The van der Waals surface area contributed by atoms with Crippen molar-refractivity contribution in [2.24, 2.45) is 17.3 Å². The Bertz CT molecular complexity index is 992. The van der Waals surface area contributed by atoms with Crippen molar-refractivity contribution < 1.29 is 28.7 Å². The summed E-state index contributed by atoms with van der Waals surface area (Å²) < 4.78 is 5.29. The van der Waals surface area contributed by atoms with Gasteiger partial charge in [-0.15, -0.1) is 0 Å². The van der Waals surface area contributed by atoms with Gasteiger partial charge in [0, 0.05) is 12.5 Å². The lowest BCUT2D eigenvalue weighted by Crippen LogP contribution is -2.58. The number of amides is 4. The first-order valence-corrected chi connectivity index (χ1v) is 12.9. The highest BCUT2D eigenvalue weighted by atomic mass is 32.1. The molecule has 0 bridgehead atoms. The molecule has 1 aliphatic heterocycles. The van der Waals surface area contributed by atoms with Gasteiger partial charge in [0.2, 0.25) is 17.7 Å². The molecule has 234 valence electrons. The number of alkyl carbamates (subject to hydrolysis) is 1. The fourth-order valence-corrected chi connectivity index (χ4v) is 4.34. The van der Waals surface area contributed by atoms with Crippen molar-refractivity contribution in [1.82, 2.24) is 21.3 Å². The van der Waals surface area contributed by atoms with Crippen LogP contribution in [0.25, 0.3) is 0 Å². The van der Waals surface area contributed by atoms with E-state index in [0.29, 0.717) is 31.6 Å². The molecule has 1 aromatic carbocycles. The molecule has 4 N–H and O–H groups in total. The summed E-state index contributed by atoms with van der Waals surface area (Å²) in [5, 5.41) is 10.9. The number of benzene rings is 1. The van der Waals surface area contributed by atoms with Crippen LogP contribution in [-0.4, -0.2) is 54.8 Å². The maximum absolute atomic E-state index is 13.3. The molecule has 2 aliphatic rings. The van der Waals surface area contributed by atoms with Gasteiger partial charge in [-0.1, -0.05) is 63.9 Å². The second kappa shape index (κ2) is 19.2. The molecular formula is C27H46N4O6S4. The van der Waals surface area contributed by atoms with Gasteiger partial charge in [-0.3, -0.25) is 14.4 Å². The van der Waals surface area contributed by atoms with E-state index in [1.807, 2.05) is 30.3 Å². The average Bonchev–Trinajstić information content (AvgIpc) is 3.59. The van der Waals surface area contributed by atoms with Gasteiger partial charge in [-0.25, -0.2) is 4.79 Å². The molecule has 0 aromatic heterocycles. The first kappa shape index (κ1) is 41.1. The smallest absolute Gasteiger partial charge is 0.408 e. The van der Waals surface area contributed by atoms with E-state index in [0.717, 1.165) is 18.4 Å². The van der Waals surface area contributed by atoms with Crippen LogP contribution in [0.2, 0.25) is 0 Å². The molecule has 4 amide bonds. The highest BCUT2D eigenvalue weighted by molar-refractivity contribution is 7.59. The SMILES string of the molecule is CC(C)(C)[C@H](NC(=O)OCc1ccccc1)C(=O)N[C@@H](CC1CC1)C(=O)N[C@H](C=O)C[C@@H]1CCNC1=O.S.S.S.S. The molecule has 1 aliphatic carbocycles. The second-order valence-electron chi connectivity index (χ2n) is 11.0. The van der Waals surface area contributed by atoms with Gasteiger partial charge in [0.15, 0.2) is 0 Å². The molecule has 0 spiro atoms. The highest BCUT2D eigenvalue weighted by Gasteiger charge is 2.38. The van der Waals surface area contributed by atoms with Gasteiger partial charge < -0.3 is 30.8 Å². The normalized spacial score (nSPS) is 17.7. The van der Waals surface area contributed by atoms with Crippen LogP contribution >= 0.6 is 54.0 Å². The van der Waals surface area contributed by atoms with E-state index in [9.17, 15) is 24.0 Å². The highest BCUT2D eigenvalue weighted by Crippen LogP contribution is 2.34. The monoisotopic (exact) mass is 650 g/mol. The van der Waals surface area contributed by atoms with Crippen molar-refractivity contribution in [3.63, 3.8) is 0 Å². The van der Waals surface area contributed by atoms with E-state index in [1.54, 1.807) is 20.8 Å². The topological polar surface area (TPSA) is 143 Å². The Morgan fingerprint density at radius 3 is 2.10 bits per heavy atom. The summed E-state index contributed by atoms with van der Waals surface area (Å²) in [4.78, 5) is 62.5. The molecule has 0 radical (unpaired) electrons. The predicted molar refractivity (Wildman–Crippen MR) is 178 cm³/mol. The summed E-state index contributed by atoms with van der Waals surface area (Å²) in [5.41, 5.74) is 0.146. The second-order valence-corrected chi connectivity index (χ2v) is 11.0. The zero-order chi connectivity index (χ0) is 27.0. The molecular weight excluding hydrogens is 605 g/mol. The van der Waals surface area contributed by atoms with Gasteiger partial charge in [0.1, 0.15) is 25.0 Å². The number of rotatable bonds is 12. The number of hydrogen-bond donors (Lipinski definition) is 4. The third kappa shape index (κ3) is 13.7. The minimum atomic E-state index is -0.964. The zero-order valence-electron chi connectivity index (χ0n) is 23.8. The largest absolute Gasteiger partial charge is 0.445 e. The molecule has 4 atom stereocenters. The third-order valence-corrected chi connectivity index (χ3v) is 6.70. The molecule has 14 heteroatoms. The lowest BCUT2D eigenvalue weighted by molar-refractivity contribution is -0.132. The number of ether oxygens (including phenoxy) is 1. The number of carbonyl (C=O) groups is 5. The first-order valence-electron chi connectivity index (χ1n) is 12.9. The molecule has 1 saturated heterocycles. The summed E-state index contributed by atoms with van der Waals surface area (Å²) in [6.07, 6.45) is 3.07. The number of carbonyl (C=O) groups excluding carboxylic acids is 5. The Hall–Kier alpha value is -2.03. The van der Waals surface area contributed by atoms with Gasteiger partial charge in [-0.2, -0.15) is 54.0 Å². The summed E-state index contributed by atoms with van der Waals surface area (Å²) in [6.45, 7) is 6.03. The molecule has 1 aromatic rings. The standard InChI is InChI=1S/C27H38N4O6.4H2S/c1-27(2,3)22(31-26(36)37-16-18-7-5-4-6-8-18)25(35)30-21(13-17-9-10-17)24(34)29-20(15-32)14-19-11-12-28-23(19)33;;;;/h4-8,15,17,19-22H,9-14,16H2,1-3H3,(H,28,33)(H,29,34)(H,30,35)(H,31,36);4*1H2/t19-,20-,21-,22+;;;;/m0..../s1. The first-order chi connectivity index (χ1) is 17.6. The molecule has 3 rings (SSSR count). The zero-order valence-corrected chi connectivity index (χ0v) is 27.8. The number of hydrogen-bond acceptors (Lipinski definition) is 6. The molecule has 1 heterocycles. The Morgan fingerprint density at radius 1 is 0.951 bits per heavy atom. The van der Waals surface area contributed by atoms with Gasteiger partial charge >= 0.3 is 6.09 Å². The van der Waals surface area contributed by atoms with E-state index in [4.69, 9.17) is 4.74 Å². The van der Waals surface area contributed by atoms with E-state index < -0.39 is 41.4 Å². The van der Waals surface area contributed by atoms with Crippen LogP contribution in [-0.2, 0) is 30.5 Å². The van der Waals surface area contributed by atoms with E-state index in [1.165, 1.54) is 0 Å². The third-order valence-electron chi connectivity index (χ3n) is 6.70. The van der Waals surface area contributed by atoms with Crippen LogP contribution in [0.1, 0.15) is 58.4 Å². The minimum absolute atomic E-state index is 0. The van der Waals surface area contributed by atoms with Crippen molar-refractivity contribution in [2.45, 2.75) is 77.6 Å². The minimum Gasteiger partial charge on any atom is -0.445 e. The van der Waals surface area contributed by atoms with Crippen LogP contribution in [0.3, 0.4) is 0 Å². The Labute approximate surface area is 270 Å². The van der Waals surface area contributed by atoms with Gasteiger partial charge in [0.05, 0.1) is 6.04 Å². The van der Waals surface area contributed by atoms with Crippen molar-refractivity contribution in [2.75, 3.05) is 6.54 Å². The van der Waals surface area contributed by atoms with Crippen molar-refractivity contribution in [3.05, 3.63) is 35.9 Å². The number of nitrogens with one attached hydrogen (secondary N) is 4. The maximum Gasteiger partial charge on any atom is 0.408 e. The van der Waals surface area contributed by atoms with Crippen molar-refractivity contribution >= 4 is 84.1 Å². The average molecular weight is 651 g/mol. The summed E-state index contributed by atoms with van der Waals surface area (Å²) in [5.74, 6) is -1.13. The summed E-state index contributed by atoms with van der Waals surface area (Å²) >= 11 is 0. The Morgan fingerprint density at radius 2 is 1.59 bits per heavy atom. The molecule has 41 heavy (non-hydrogen) atoms. The fourth-order valence-electron chi connectivity index (χ4n) is 4.34. The molecule has 1 saturated carbocycles. The molecule has 2 fully saturated rings. The lowest BCUT2D eigenvalue weighted by atomic mass is 9.86. The lowest BCUT2D eigenvalue weighted by Gasteiger charge is -2.31. The van der Waals surface area contributed by atoms with E-state index in [2.05, 4.69) is 21.3 Å². The van der Waals surface area contributed by atoms with Gasteiger partial charge in [0.25, 0.3) is 0 Å². The predicted octanol–water partition coefficient (Wildman–Crippen LogP) is 2.27.